The number of rotatable bonds is 5. The van der Waals surface area contributed by atoms with Crippen molar-refractivity contribution in [3.05, 3.63) is 29.5 Å². The van der Waals surface area contributed by atoms with Gasteiger partial charge in [0.15, 0.2) is 0 Å². The van der Waals surface area contributed by atoms with Crippen LogP contribution in [0.5, 0.6) is 5.75 Å². The number of methoxy groups -OCH3 is 1. The fourth-order valence-electron chi connectivity index (χ4n) is 2.92. The van der Waals surface area contributed by atoms with Crippen molar-refractivity contribution in [1.82, 2.24) is 5.32 Å². The molecule has 1 aromatic carbocycles. The second-order valence-electron chi connectivity index (χ2n) is 6.20. The van der Waals surface area contributed by atoms with E-state index in [2.05, 4.69) is 5.32 Å². The van der Waals surface area contributed by atoms with Gasteiger partial charge in [0.2, 0.25) is 0 Å². The Hall–Kier alpha value is -2.01. The van der Waals surface area contributed by atoms with Gasteiger partial charge in [-0.1, -0.05) is 0 Å². The van der Waals surface area contributed by atoms with Crippen LogP contribution in [0, 0.1) is 12.8 Å². The summed E-state index contributed by atoms with van der Waals surface area (Å²) in [5.41, 5.74) is 0.584. The summed E-state index contributed by atoms with van der Waals surface area (Å²) in [5.74, 6) is 1.37. The van der Waals surface area contributed by atoms with Crippen LogP contribution in [0.4, 0.5) is 0 Å². The van der Waals surface area contributed by atoms with Crippen molar-refractivity contribution in [2.45, 2.75) is 32.2 Å². The van der Waals surface area contributed by atoms with E-state index in [4.69, 9.17) is 9.15 Å². The fourth-order valence-corrected chi connectivity index (χ4v) is 2.92. The summed E-state index contributed by atoms with van der Waals surface area (Å²) in [6.07, 6.45) is 2.08. The number of hydrogen-bond acceptors (Lipinski definition) is 4. The second-order valence-corrected chi connectivity index (χ2v) is 6.20. The molecule has 5 nitrogen and oxygen atoms in total. The summed E-state index contributed by atoms with van der Waals surface area (Å²) in [6, 6.07) is 5.40. The topological polar surface area (TPSA) is 71.7 Å². The summed E-state index contributed by atoms with van der Waals surface area (Å²) >= 11 is 0. The van der Waals surface area contributed by atoms with Crippen LogP contribution < -0.4 is 10.1 Å². The molecule has 1 aliphatic carbocycles. The van der Waals surface area contributed by atoms with Crippen LogP contribution in [0.15, 0.2) is 22.6 Å². The molecule has 1 saturated carbocycles. The van der Waals surface area contributed by atoms with Crippen LogP contribution in [-0.4, -0.2) is 30.3 Å². The van der Waals surface area contributed by atoms with Crippen molar-refractivity contribution >= 4 is 16.9 Å². The maximum Gasteiger partial charge on any atom is 0.255 e. The van der Waals surface area contributed by atoms with Crippen molar-refractivity contribution < 1.29 is 19.1 Å². The average Bonchev–Trinajstić information content (AvgIpc) is 3.29. The molecule has 1 fully saturated rings. The Morgan fingerprint density at radius 3 is 2.82 bits per heavy atom. The van der Waals surface area contributed by atoms with E-state index >= 15 is 0 Å². The number of fused-ring (bicyclic) bond motifs is 1. The van der Waals surface area contributed by atoms with Gasteiger partial charge in [-0.25, -0.2) is 0 Å². The number of hydrogen-bond donors (Lipinski definition) is 2. The highest BCUT2D eigenvalue weighted by atomic mass is 16.5. The first-order valence-corrected chi connectivity index (χ1v) is 7.49. The minimum Gasteiger partial charge on any atom is -0.497 e. The smallest absolute Gasteiger partial charge is 0.255 e. The molecule has 1 aromatic heterocycles. The number of benzene rings is 1. The van der Waals surface area contributed by atoms with Gasteiger partial charge in [-0.2, -0.15) is 0 Å². The van der Waals surface area contributed by atoms with Crippen molar-refractivity contribution in [3.8, 4) is 5.75 Å². The number of amides is 1. The largest absolute Gasteiger partial charge is 0.497 e. The lowest BCUT2D eigenvalue weighted by Crippen LogP contribution is -2.50. The van der Waals surface area contributed by atoms with Gasteiger partial charge in [0.05, 0.1) is 24.8 Å². The summed E-state index contributed by atoms with van der Waals surface area (Å²) in [6.45, 7) is 3.59. The monoisotopic (exact) mass is 303 g/mol. The molecule has 118 valence electrons. The number of aliphatic hydroxyl groups is 1. The van der Waals surface area contributed by atoms with Gasteiger partial charge in [-0.3, -0.25) is 4.79 Å². The van der Waals surface area contributed by atoms with Gasteiger partial charge in [-0.15, -0.1) is 0 Å². The van der Waals surface area contributed by atoms with Gasteiger partial charge in [0, 0.05) is 5.39 Å². The van der Waals surface area contributed by atoms with Crippen molar-refractivity contribution in [2.75, 3.05) is 13.7 Å². The molecule has 1 aliphatic rings. The molecule has 22 heavy (non-hydrogen) atoms. The minimum absolute atomic E-state index is 0.0679. The maximum absolute atomic E-state index is 12.7. The van der Waals surface area contributed by atoms with Crippen LogP contribution in [-0.2, 0) is 0 Å². The Kier molecular flexibility index (Phi) is 3.60. The lowest BCUT2D eigenvalue weighted by Gasteiger charge is -2.28. The van der Waals surface area contributed by atoms with E-state index in [9.17, 15) is 9.90 Å². The SMILES string of the molecule is COc1ccc2oc(C)c(C(=O)NC(C)(CO)C3CC3)c2c1. The zero-order valence-electron chi connectivity index (χ0n) is 13.1. The molecular formula is C17H21NO4. The quantitative estimate of drug-likeness (QED) is 0.890. The molecule has 5 heteroatoms. The molecule has 1 amide bonds. The summed E-state index contributed by atoms with van der Waals surface area (Å²) in [7, 11) is 1.59. The average molecular weight is 303 g/mol. The number of nitrogens with one attached hydrogen (secondary N) is 1. The lowest BCUT2D eigenvalue weighted by molar-refractivity contribution is 0.0824. The standard InChI is InChI=1S/C17H21NO4/c1-10-15(13-8-12(21-3)6-7-14(13)22-10)16(20)18-17(2,9-19)11-4-5-11/h6-8,11,19H,4-5,9H2,1-3H3,(H,18,20). The number of furan rings is 1. The third-order valence-electron chi connectivity index (χ3n) is 4.50. The third-order valence-corrected chi connectivity index (χ3v) is 4.50. The van der Waals surface area contributed by atoms with Crippen LogP contribution in [0.3, 0.4) is 0 Å². The molecule has 3 rings (SSSR count). The van der Waals surface area contributed by atoms with E-state index in [1.165, 1.54) is 0 Å². The molecule has 0 radical (unpaired) electrons. The Labute approximate surface area is 129 Å². The summed E-state index contributed by atoms with van der Waals surface area (Å²) in [5, 5.41) is 13.4. The molecule has 0 bridgehead atoms. The molecule has 1 atom stereocenters. The maximum atomic E-state index is 12.7. The van der Waals surface area contributed by atoms with Crippen LogP contribution >= 0.6 is 0 Å². The first-order chi connectivity index (χ1) is 10.5. The van der Waals surface area contributed by atoms with Gasteiger partial charge in [0.1, 0.15) is 17.1 Å². The minimum atomic E-state index is -0.577. The number of carbonyl (C=O) groups is 1. The first-order valence-electron chi connectivity index (χ1n) is 7.49. The van der Waals surface area contributed by atoms with Crippen molar-refractivity contribution in [1.29, 1.82) is 0 Å². The number of aliphatic hydroxyl groups excluding tert-OH is 1. The Morgan fingerprint density at radius 2 is 2.23 bits per heavy atom. The van der Waals surface area contributed by atoms with Crippen LogP contribution in [0.1, 0.15) is 35.9 Å². The molecule has 2 aromatic rings. The molecule has 2 N–H and O–H groups in total. The zero-order valence-corrected chi connectivity index (χ0v) is 13.1. The van der Waals surface area contributed by atoms with E-state index in [-0.39, 0.29) is 12.5 Å². The van der Waals surface area contributed by atoms with E-state index in [1.54, 1.807) is 32.2 Å². The molecule has 1 unspecified atom stereocenters. The van der Waals surface area contributed by atoms with E-state index in [0.29, 0.717) is 28.6 Å². The van der Waals surface area contributed by atoms with Crippen molar-refractivity contribution in [2.24, 2.45) is 5.92 Å². The van der Waals surface area contributed by atoms with E-state index in [1.807, 2.05) is 6.92 Å². The highest BCUT2D eigenvalue weighted by Crippen LogP contribution is 2.39. The highest BCUT2D eigenvalue weighted by Gasteiger charge is 2.42. The predicted molar refractivity (Wildman–Crippen MR) is 83.2 cm³/mol. The van der Waals surface area contributed by atoms with E-state index in [0.717, 1.165) is 18.2 Å². The predicted octanol–water partition coefficient (Wildman–Crippen LogP) is 2.64. The molecule has 0 saturated heterocycles. The lowest BCUT2D eigenvalue weighted by atomic mass is 9.96. The molecule has 1 heterocycles. The Bertz CT molecular complexity index is 717. The van der Waals surface area contributed by atoms with Gasteiger partial charge >= 0.3 is 0 Å². The van der Waals surface area contributed by atoms with Gasteiger partial charge in [-0.05, 0) is 50.8 Å². The van der Waals surface area contributed by atoms with Crippen LogP contribution in [0.2, 0.25) is 0 Å². The van der Waals surface area contributed by atoms with E-state index < -0.39 is 5.54 Å². The molecular weight excluding hydrogens is 282 g/mol. The number of ether oxygens (including phenoxy) is 1. The summed E-state index contributed by atoms with van der Waals surface area (Å²) < 4.78 is 10.9. The number of aryl methyl sites for hydroxylation is 1. The van der Waals surface area contributed by atoms with Gasteiger partial charge in [0.25, 0.3) is 5.91 Å². The normalized spacial score (nSPS) is 17.3. The van der Waals surface area contributed by atoms with Gasteiger partial charge < -0.3 is 19.6 Å². The number of carbonyl (C=O) groups excluding carboxylic acids is 1. The second kappa shape index (κ2) is 5.32. The zero-order chi connectivity index (χ0) is 15.9. The highest BCUT2D eigenvalue weighted by molar-refractivity contribution is 6.07. The van der Waals surface area contributed by atoms with Crippen LogP contribution in [0.25, 0.3) is 11.0 Å². The van der Waals surface area contributed by atoms with Crippen molar-refractivity contribution in [3.63, 3.8) is 0 Å². The molecule has 0 spiro atoms. The molecule has 0 aliphatic heterocycles. The first kappa shape index (κ1) is 14.9. The third kappa shape index (κ3) is 2.46. The summed E-state index contributed by atoms with van der Waals surface area (Å²) in [4.78, 5) is 12.7. The Balaban J connectivity index is 1.97. The Morgan fingerprint density at radius 1 is 1.50 bits per heavy atom. The fraction of sp³-hybridized carbons (Fsp3) is 0.471.